The van der Waals surface area contributed by atoms with Gasteiger partial charge in [-0.25, -0.2) is 13.2 Å². The monoisotopic (exact) mass is 426 g/mol. The highest BCUT2D eigenvalue weighted by molar-refractivity contribution is 7.99. The van der Waals surface area contributed by atoms with Gasteiger partial charge in [0.05, 0.1) is 10.4 Å². The summed E-state index contributed by atoms with van der Waals surface area (Å²) in [6.07, 6.45) is 0. The third kappa shape index (κ3) is 4.23. The molecule has 0 aliphatic heterocycles. The lowest BCUT2D eigenvalue weighted by Crippen LogP contribution is -2.12. The average molecular weight is 427 g/mol. The van der Waals surface area contributed by atoms with Crippen LogP contribution in [0.15, 0.2) is 84.6 Å². The van der Waals surface area contributed by atoms with Gasteiger partial charge < -0.3 is 4.42 Å². The predicted molar refractivity (Wildman–Crippen MR) is 114 cm³/mol. The van der Waals surface area contributed by atoms with Crippen molar-refractivity contribution in [1.29, 1.82) is 0 Å². The Morgan fingerprint density at radius 3 is 2.45 bits per heavy atom. The SMILES string of the molecule is Cc1ccc(Sc2ccc(NS(=O)(=O)c3ccc4[nH]c(=O)oc4c3)cc2)c(C)c1. The zero-order chi connectivity index (χ0) is 20.6. The largest absolute Gasteiger partial charge is 0.417 e. The van der Waals surface area contributed by atoms with E-state index in [1.165, 1.54) is 29.3 Å². The molecular weight excluding hydrogens is 408 g/mol. The standard InChI is InChI=1S/C21H18N2O4S2/c1-13-3-10-20(14(2)11-13)28-16-6-4-15(5-7-16)23-29(25,26)17-8-9-18-19(12-17)27-21(24)22-18/h3-12,23H,1-2H3,(H,22,24). The summed E-state index contributed by atoms with van der Waals surface area (Å²) in [7, 11) is -3.81. The number of benzene rings is 3. The molecule has 1 aromatic heterocycles. The average Bonchev–Trinajstić information content (AvgIpc) is 3.04. The number of hydrogen-bond donors (Lipinski definition) is 2. The van der Waals surface area contributed by atoms with Gasteiger partial charge in [-0.3, -0.25) is 9.71 Å². The first kappa shape index (κ1) is 19.4. The summed E-state index contributed by atoms with van der Waals surface area (Å²) in [5, 5.41) is 0. The highest BCUT2D eigenvalue weighted by Gasteiger charge is 2.16. The fourth-order valence-electron chi connectivity index (χ4n) is 2.94. The van der Waals surface area contributed by atoms with Crippen LogP contribution < -0.4 is 10.5 Å². The number of anilines is 1. The Bertz CT molecular complexity index is 1350. The Balaban J connectivity index is 1.53. The first-order valence-electron chi connectivity index (χ1n) is 8.81. The van der Waals surface area contributed by atoms with Crippen molar-refractivity contribution in [2.75, 3.05) is 4.72 Å². The molecule has 29 heavy (non-hydrogen) atoms. The molecule has 0 aliphatic rings. The van der Waals surface area contributed by atoms with Gasteiger partial charge >= 0.3 is 5.76 Å². The number of rotatable bonds is 5. The molecule has 0 bridgehead atoms. The van der Waals surface area contributed by atoms with E-state index in [2.05, 4.69) is 41.8 Å². The number of aromatic nitrogens is 1. The highest BCUT2D eigenvalue weighted by atomic mass is 32.2. The summed E-state index contributed by atoms with van der Waals surface area (Å²) in [6.45, 7) is 4.13. The number of aromatic amines is 1. The smallest absolute Gasteiger partial charge is 0.408 e. The van der Waals surface area contributed by atoms with E-state index in [-0.39, 0.29) is 10.5 Å². The maximum absolute atomic E-state index is 12.7. The van der Waals surface area contributed by atoms with Crippen molar-refractivity contribution in [3.63, 3.8) is 0 Å². The predicted octanol–water partition coefficient (Wildman–Crippen LogP) is 4.69. The van der Waals surface area contributed by atoms with Gasteiger partial charge in [0.15, 0.2) is 5.58 Å². The molecule has 0 radical (unpaired) electrons. The van der Waals surface area contributed by atoms with Gasteiger partial charge in [0, 0.05) is 21.5 Å². The van der Waals surface area contributed by atoms with Crippen LogP contribution in [0.3, 0.4) is 0 Å². The lowest BCUT2D eigenvalue weighted by atomic mass is 10.2. The minimum Gasteiger partial charge on any atom is -0.408 e. The van der Waals surface area contributed by atoms with Crippen molar-refractivity contribution in [1.82, 2.24) is 4.98 Å². The third-order valence-corrected chi connectivity index (χ3v) is 6.93. The van der Waals surface area contributed by atoms with Crippen LogP contribution in [0.25, 0.3) is 11.1 Å². The maximum Gasteiger partial charge on any atom is 0.417 e. The molecule has 0 fully saturated rings. The van der Waals surface area contributed by atoms with Gasteiger partial charge in [-0.2, -0.15) is 0 Å². The van der Waals surface area contributed by atoms with Gasteiger partial charge in [0.1, 0.15) is 0 Å². The molecule has 2 N–H and O–H groups in total. The molecule has 4 rings (SSSR count). The number of sulfonamides is 1. The summed E-state index contributed by atoms with van der Waals surface area (Å²) in [5.74, 6) is -0.626. The molecule has 0 spiro atoms. The summed E-state index contributed by atoms with van der Waals surface area (Å²) in [5.41, 5.74) is 3.51. The molecule has 8 heteroatoms. The second-order valence-electron chi connectivity index (χ2n) is 6.67. The molecule has 0 aliphatic carbocycles. The van der Waals surface area contributed by atoms with Crippen LogP contribution in [0.4, 0.5) is 5.69 Å². The molecule has 148 valence electrons. The van der Waals surface area contributed by atoms with Gasteiger partial charge in [0.25, 0.3) is 10.0 Å². The molecule has 0 atom stereocenters. The number of aryl methyl sites for hydroxylation is 2. The zero-order valence-corrected chi connectivity index (χ0v) is 17.4. The fourth-order valence-corrected chi connectivity index (χ4v) is 4.89. The van der Waals surface area contributed by atoms with Crippen molar-refractivity contribution in [3.8, 4) is 0 Å². The van der Waals surface area contributed by atoms with Crippen LogP contribution in [0, 0.1) is 13.8 Å². The lowest BCUT2D eigenvalue weighted by molar-refractivity contribution is 0.554. The summed E-state index contributed by atoms with van der Waals surface area (Å²) in [6, 6.07) is 17.7. The van der Waals surface area contributed by atoms with Crippen molar-refractivity contribution in [2.24, 2.45) is 0 Å². The second-order valence-corrected chi connectivity index (χ2v) is 9.47. The second kappa shape index (κ2) is 7.46. The molecule has 6 nitrogen and oxygen atoms in total. The number of H-pyrrole nitrogens is 1. The fraction of sp³-hybridized carbons (Fsp3) is 0.0952. The Morgan fingerprint density at radius 2 is 1.72 bits per heavy atom. The van der Waals surface area contributed by atoms with E-state index >= 15 is 0 Å². The van der Waals surface area contributed by atoms with Crippen molar-refractivity contribution >= 4 is 38.6 Å². The van der Waals surface area contributed by atoms with E-state index in [1.807, 2.05) is 12.1 Å². The summed E-state index contributed by atoms with van der Waals surface area (Å²) in [4.78, 5) is 15.9. The number of fused-ring (bicyclic) bond motifs is 1. The van der Waals surface area contributed by atoms with E-state index in [0.717, 1.165) is 9.79 Å². The maximum atomic E-state index is 12.7. The first-order chi connectivity index (χ1) is 13.8. The summed E-state index contributed by atoms with van der Waals surface area (Å²) >= 11 is 1.63. The van der Waals surface area contributed by atoms with E-state index in [4.69, 9.17) is 4.42 Å². The van der Waals surface area contributed by atoms with Crippen LogP contribution in [-0.4, -0.2) is 13.4 Å². The molecule has 1 heterocycles. The Hall–Kier alpha value is -2.97. The Kier molecular flexibility index (Phi) is 4.97. The van der Waals surface area contributed by atoms with E-state index in [0.29, 0.717) is 11.2 Å². The Labute approximate surface area is 172 Å². The quantitative estimate of drug-likeness (QED) is 0.483. The number of hydrogen-bond acceptors (Lipinski definition) is 5. The Morgan fingerprint density at radius 1 is 0.966 bits per heavy atom. The van der Waals surface area contributed by atoms with Crippen molar-refractivity contribution in [2.45, 2.75) is 28.5 Å². The van der Waals surface area contributed by atoms with Gasteiger partial charge in [-0.15, -0.1) is 0 Å². The van der Waals surface area contributed by atoms with Crippen molar-refractivity contribution in [3.05, 3.63) is 82.3 Å². The minimum absolute atomic E-state index is 0.0153. The van der Waals surface area contributed by atoms with E-state index < -0.39 is 15.8 Å². The van der Waals surface area contributed by atoms with E-state index in [9.17, 15) is 13.2 Å². The topological polar surface area (TPSA) is 92.2 Å². The molecule has 0 saturated heterocycles. The van der Waals surface area contributed by atoms with Gasteiger partial charge in [-0.05, 0) is 61.9 Å². The van der Waals surface area contributed by atoms with Crippen LogP contribution >= 0.6 is 11.8 Å². The molecule has 0 amide bonds. The van der Waals surface area contributed by atoms with Gasteiger partial charge in [-0.1, -0.05) is 29.5 Å². The first-order valence-corrected chi connectivity index (χ1v) is 11.1. The van der Waals surface area contributed by atoms with Crippen LogP contribution in [-0.2, 0) is 10.0 Å². The molecule has 0 saturated carbocycles. The third-order valence-electron chi connectivity index (χ3n) is 4.37. The molecule has 4 aromatic rings. The summed E-state index contributed by atoms with van der Waals surface area (Å²) < 4.78 is 32.8. The molecule has 3 aromatic carbocycles. The normalized spacial score (nSPS) is 11.7. The van der Waals surface area contributed by atoms with Crippen LogP contribution in [0.1, 0.15) is 11.1 Å². The lowest BCUT2D eigenvalue weighted by Gasteiger charge is -2.10. The zero-order valence-electron chi connectivity index (χ0n) is 15.7. The van der Waals surface area contributed by atoms with Crippen molar-refractivity contribution < 1.29 is 12.8 Å². The van der Waals surface area contributed by atoms with E-state index in [1.54, 1.807) is 23.9 Å². The minimum atomic E-state index is -3.81. The molecule has 0 unspecified atom stereocenters. The highest BCUT2D eigenvalue weighted by Crippen LogP contribution is 2.31. The van der Waals surface area contributed by atoms with Crippen LogP contribution in [0.5, 0.6) is 0 Å². The molecular formula is C21H18N2O4S2. The van der Waals surface area contributed by atoms with Gasteiger partial charge in [0.2, 0.25) is 0 Å². The number of nitrogens with one attached hydrogen (secondary N) is 2. The number of oxazole rings is 1. The van der Waals surface area contributed by atoms with Crippen LogP contribution in [0.2, 0.25) is 0 Å².